The van der Waals surface area contributed by atoms with Gasteiger partial charge in [0, 0.05) is 44.4 Å². The predicted octanol–water partition coefficient (Wildman–Crippen LogP) is 1.81. The molecule has 0 radical (unpaired) electrons. The maximum Gasteiger partial charge on any atom is 0.315 e. The maximum atomic E-state index is 12.0. The first-order valence-corrected chi connectivity index (χ1v) is 8.78. The molecule has 6 nitrogen and oxygen atoms in total. The summed E-state index contributed by atoms with van der Waals surface area (Å²) in [5.74, 6) is 1.15. The first kappa shape index (κ1) is 16.8. The van der Waals surface area contributed by atoms with Crippen LogP contribution < -0.4 is 15.5 Å². The zero-order valence-corrected chi connectivity index (χ0v) is 13.9. The smallest absolute Gasteiger partial charge is 0.315 e. The van der Waals surface area contributed by atoms with Gasteiger partial charge in [0.2, 0.25) is 0 Å². The molecule has 2 atom stereocenters. The summed E-state index contributed by atoms with van der Waals surface area (Å²) in [5.41, 5.74) is 1.05. The number of aromatic nitrogens is 1. The number of aliphatic hydroxyl groups is 1. The summed E-state index contributed by atoms with van der Waals surface area (Å²) in [6.07, 6.45) is 10.2. The van der Waals surface area contributed by atoms with Crippen molar-refractivity contribution >= 4 is 11.8 Å². The Morgan fingerprint density at radius 1 is 1.29 bits per heavy atom. The van der Waals surface area contributed by atoms with Gasteiger partial charge in [0.1, 0.15) is 5.82 Å². The Morgan fingerprint density at radius 3 is 2.88 bits per heavy atom. The lowest BCUT2D eigenvalue weighted by atomic mass is 10.1. The molecule has 1 saturated heterocycles. The quantitative estimate of drug-likeness (QED) is 0.720. The van der Waals surface area contributed by atoms with E-state index in [9.17, 15) is 4.79 Å². The van der Waals surface area contributed by atoms with Crippen LogP contribution in [0.1, 0.15) is 31.2 Å². The van der Waals surface area contributed by atoms with Gasteiger partial charge in [0.05, 0.1) is 0 Å². The molecule has 1 aromatic rings. The number of urea groups is 1. The van der Waals surface area contributed by atoms with Gasteiger partial charge in [-0.3, -0.25) is 0 Å². The van der Waals surface area contributed by atoms with E-state index in [2.05, 4.69) is 26.6 Å². The molecule has 3 rings (SSSR count). The molecule has 2 amide bonds. The third kappa shape index (κ3) is 4.47. The molecule has 0 spiro atoms. The summed E-state index contributed by atoms with van der Waals surface area (Å²) >= 11 is 0. The molecule has 24 heavy (non-hydrogen) atoms. The van der Waals surface area contributed by atoms with Gasteiger partial charge in [0.15, 0.2) is 0 Å². The van der Waals surface area contributed by atoms with E-state index in [1.54, 1.807) is 0 Å². The summed E-state index contributed by atoms with van der Waals surface area (Å²) < 4.78 is 0. The van der Waals surface area contributed by atoms with Crippen molar-refractivity contribution in [3.8, 4) is 0 Å². The van der Waals surface area contributed by atoms with Gasteiger partial charge in [-0.05, 0) is 43.4 Å². The first-order chi connectivity index (χ1) is 11.7. The largest absolute Gasteiger partial charge is 0.396 e. The molecule has 6 heteroatoms. The summed E-state index contributed by atoms with van der Waals surface area (Å²) in [4.78, 5) is 18.8. The predicted molar refractivity (Wildman–Crippen MR) is 93.8 cm³/mol. The molecular formula is C18H26N4O2. The monoisotopic (exact) mass is 330 g/mol. The van der Waals surface area contributed by atoms with Crippen LogP contribution in [0.2, 0.25) is 0 Å². The van der Waals surface area contributed by atoms with Crippen LogP contribution in [0.4, 0.5) is 10.6 Å². The third-order valence-corrected chi connectivity index (χ3v) is 4.67. The molecule has 0 saturated carbocycles. The highest BCUT2D eigenvalue weighted by Crippen LogP contribution is 2.19. The Balaban J connectivity index is 1.47. The Morgan fingerprint density at radius 2 is 2.12 bits per heavy atom. The minimum atomic E-state index is -0.181. The Kier molecular flexibility index (Phi) is 5.69. The van der Waals surface area contributed by atoms with Gasteiger partial charge in [-0.15, -0.1) is 0 Å². The fourth-order valence-corrected chi connectivity index (χ4v) is 3.29. The number of hydrogen-bond donors (Lipinski definition) is 3. The number of nitrogens with zero attached hydrogens (tertiary/aromatic N) is 2. The van der Waals surface area contributed by atoms with Crippen molar-refractivity contribution < 1.29 is 9.90 Å². The number of pyridine rings is 1. The van der Waals surface area contributed by atoms with Crippen LogP contribution in [-0.2, 0) is 6.54 Å². The molecule has 3 N–H and O–H groups in total. The second-order valence-corrected chi connectivity index (χ2v) is 6.57. The Labute approximate surface area is 143 Å². The molecule has 2 heterocycles. The standard InChI is InChI=1S/C18H26N4O2/c23-13-15-4-5-16(10-15)21-18(24)20-12-14-6-7-19-17(11-14)22-8-2-1-3-9-22/h4-7,11,15-16,23H,1-3,8-10,12-13H2,(H2,20,21,24)/t15-,16+/m0/s1. The van der Waals surface area contributed by atoms with Crippen LogP contribution in [0.5, 0.6) is 0 Å². The van der Waals surface area contributed by atoms with Gasteiger partial charge in [-0.2, -0.15) is 0 Å². The van der Waals surface area contributed by atoms with Crippen molar-refractivity contribution in [1.29, 1.82) is 0 Å². The number of hydrogen-bond acceptors (Lipinski definition) is 4. The summed E-state index contributed by atoms with van der Waals surface area (Å²) in [7, 11) is 0. The van der Waals surface area contributed by atoms with Crippen molar-refractivity contribution in [1.82, 2.24) is 15.6 Å². The van der Waals surface area contributed by atoms with Gasteiger partial charge in [-0.25, -0.2) is 9.78 Å². The topological polar surface area (TPSA) is 77.5 Å². The molecule has 2 aliphatic rings. The number of carbonyl (C=O) groups excluding carboxylic acids is 1. The van der Waals surface area contributed by atoms with Crippen molar-refractivity contribution in [3.05, 3.63) is 36.0 Å². The third-order valence-electron chi connectivity index (χ3n) is 4.67. The van der Waals surface area contributed by atoms with E-state index in [4.69, 9.17) is 5.11 Å². The van der Waals surface area contributed by atoms with Crippen molar-refractivity contribution in [2.24, 2.45) is 5.92 Å². The average molecular weight is 330 g/mol. The highest BCUT2D eigenvalue weighted by molar-refractivity contribution is 5.74. The van der Waals surface area contributed by atoms with E-state index in [1.807, 2.05) is 24.4 Å². The van der Waals surface area contributed by atoms with E-state index in [0.29, 0.717) is 6.54 Å². The summed E-state index contributed by atoms with van der Waals surface area (Å²) in [5, 5.41) is 14.9. The number of amides is 2. The lowest BCUT2D eigenvalue weighted by Crippen LogP contribution is -2.40. The molecule has 1 fully saturated rings. The molecule has 130 valence electrons. The maximum absolute atomic E-state index is 12.0. The van der Waals surface area contributed by atoms with Crippen LogP contribution in [0.3, 0.4) is 0 Å². The highest BCUT2D eigenvalue weighted by Gasteiger charge is 2.19. The molecule has 1 aromatic heterocycles. The zero-order chi connectivity index (χ0) is 16.8. The average Bonchev–Trinajstić information content (AvgIpc) is 3.08. The zero-order valence-electron chi connectivity index (χ0n) is 13.9. The van der Waals surface area contributed by atoms with E-state index in [1.165, 1.54) is 19.3 Å². The first-order valence-electron chi connectivity index (χ1n) is 8.78. The Hall–Kier alpha value is -2.08. The highest BCUT2D eigenvalue weighted by atomic mass is 16.3. The fraction of sp³-hybridized carbons (Fsp3) is 0.556. The van der Waals surface area contributed by atoms with E-state index < -0.39 is 0 Å². The number of anilines is 1. The van der Waals surface area contributed by atoms with Crippen LogP contribution >= 0.6 is 0 Å². The summed E-state index contributed by atoms with van der Waals surface area (Å²) in [6.45, 7) is 2.73. The van der Waals surface area contributed by atoms with E-state index in [-0.39, 0.29) is 24.6 Å². The van der Waals surface area contributed by atoms with Crippen LogP contribution in [0, 0.1) is 5.92 Å². The van der Waals surface area contributed by atoms with Crippen LogP contribution in [-0.4, -0.2) is 41.9 Å². The molecular weight excluding hydrogens is 304 g/mol. The number of aliphatic hydroxyl groups excluding tert-OH is 1. The fourth-order valence-electron chi connectivity index (χ4n) is 3.29. The van der Waals surface area contributed by atoms with Crippen LogP contribution in [0.25, 0.3) is 0 Å². The van der Waals surface area contributed by atoms with Gasteiger partial charge >= 0.3 is 6.03 Å². The van der Waals surface area contributed by atoms with Crippen molar-refractivity contribution in [3.63, 3.8) is 0 Å². The van der Waals surface area contributed by atoms with Crippen molar-refractivity contribution in [2.45, 2.75) is 38.3 Å². The van der Waals surface area contributed by atoms with Gasteiger partial charge in [-0.1, -0.05) is 12.2 Å². The lowest BCUT2D eigenvalue weighted by molar-refractivity contribution is 0.231. The second kappa shape index (κ2) is 8.15. The molecule has 1 aliphatic heterocycles. The molecule has 0 bridgehead atoms. The van der Waals surface area contributed by atoms with Crippen molar-refractivity contribution in [2.75, 3.05) is 24.6 Å². The summed E-state index contributed by atoms with van der Waals surface area (Å²) in [6, 6.07) is 3.82. The molecule has 0 unspecified atom stereocenters. The number of piperidine rings is 1. The SMILES string of the molecule is O=C(NCc1ccnc(N2CCCCC2)c1)N[C@@H]1C=C[C@H](CO)C1. The van der Waals surface area contributed by atoms with Gasteiger partial charge < -0.3 is 20.6 Å². The number of nitrogens with one attached hydrogen (secondary N) is 2. The normalized spacial score (nSPS) is 23.3. The number of rotatable bonds is 5. The van der Waals surface area contributed by atoms with E-state index in [0.717, 1.165) is 30.9 Å². The van der Waals surface area contributed by atoms with Gasteiger partial charge in [0.25, 0.3) is 0 Å². The Bertz CT molecular complexity index is 584. The minimum absolute atomic E-state index is 0.00324. The molecule has 0 aromatic carbocycles. The van der Waals surface area contributed by atoms with Crippen LogP contribution in [0.15, 0.2) is 30.5 Å². The minimum Gasteiger partial charge on any atom is -0.396 e. The molecule has 1 aliphatic carbocycles. The second-order valence-electron chi connectivity index (χ2n) is 6.57. The number of carbonyl (C=O) groups is 1. The van der Waals surface area contributed by atoms with E-state index >= 15 is 0 Å². The lowest BCUT2D eigenvalue weighted by Gasteiger charge is -2.27.